The van der Waals surface area contributed by atoms with Gasteiger partial charge in [0.1, 0.15) is 5.82 Å². The molecule has 1 unspecified atom stereocenters. The van der Waals surface area contributed by atoms with Crippen LogP contribution in [0, 0.1) is 40.5 Å². The number of aromatic nitrogens is 2. The highest BCUT2D eigenvalue weighted by Gasteiger charge is 2.40. The Bertz CT molecular complexity index is 1760. The van der Waals surface area contributed by atoms with Crippen molar-refractivity contribution in [2.45, 2.75) is 172 Å². The predicted octanol–water partition coefficient (Wildman–Crippen LogP) is 13.7. The van der Waals surface area contributed by atoms with Gasteiger partial charge in [-0.25, -0.2) is 4.98 Å². The molecule has 2 nitrogen and oxygen atoms in total. The second-order valence-corrected chi connectivity index (χ2v) is 22.1. The minimum atomic E-state index is -0.515. The van der Waals surface area contributed by atoms with Crippen molar-refractivity contribution in [3.8, 4) is 11.1 Å². The van der Waals surface area contributed by atoms with E-state index >= 15 is 0 Å². The molecule has 0 saturated heterocycles. The van der Waals surface area contributed by atoms with Crippen molar-refractivity contribution in [3.63, 3.8) is 0 Å². The van der Waals surface area contributed by atoms with E-state index in [0.29, 0.717) is 23.7 Å². The highest BCUT2D eigenvalue weighted by molar-refractivity contribution is 7.69. The van der Waals surface area contributed by atoms with Crippen LogP contribution in [0.25, 0.3) is 22.2 Å². The van der Waals surface area contributed by atoms with E-state index in [-0.39, 0.29) is 10.3 Å². The van der Waals surface area contributed by atoms with Crippen molar-refractivity contribution < 1.29 is 0 Å². The van der Waals surface area contributed by atoms with Crippen LogP contribution in [0.4, 0.5) is 0 Å². The summed E-state index contributed by atoms with van der Waals surface area (Å²) < 4.78 is 0. The molecular weight excluding hydrogens is 611 g/mol. The molecule has 4 aromatic rings. The third kappa shape index (κ3) is 8.22. The van der Waals surface area contributed by atoms with Gasteiger partial charge in [-0.2, -0.15) is 0 Å². The van der Waals surface area contributed by atoms with Gasteiger partial charge in [0.2, 0.25) is 0 Å². The molecule has 0 saturated carbocycles. The summed E-state index contributed by atoms with van der Waals surface area (Å²) in [5, 5.41) is 1.98. The zero-order chi connectivity index (χ0) is 36.9. The fourth-order valence-electron chi connectivity index (χ4n) is 8.58. The quantitative estimate of drug-likeness (QED) is 0.166. The number of hydrogen-bond donors (Lipinski definition) is 1. The monoisotopic (exact) mass is 681 g/mol. The van der Waals surface area contributed by atoms with E-state index in [1.165, 1.54) is 55.6 Å². The maximum absolute atomic E-state index is 4.88. The van der Waals surface area contributed by atoms with Crippen LogP contribution in [0.5, 0.6) is 0 Å². The van der Waals surface area contributed by atoms with Gasteiger partial charge in [-0.1, -0.05) is 116 Å². The first-order valence-corrected chi connectivity index (χ1v) is 20.5. The van der Waals surface area contributed by atoms with Gasteiger partial charge in [0.25, 0.3) is 0 Å². The summed E-state index contributed by atoms with van der Waals surface area (Å²) in [5.74, 6) is 2.93. The summed E-state index contributed by atoms with van der Waals surface area (Å²) in [6, 6.07) is 9.71. The Morgan fingerprint density at radius 3 is 1.71 bits per heavy atom. The summed E-state index contributed by atoms with van der Waals surface area (Å²) >= 11 is 0. The number of nitrogens with one attached hydrogen (secondary N) is 1. The summed E-state index contributed by atoms with van der Waals surface area (Å²) in [5.41, 5.74) is 18.8. The number of aromatic amines is 1. The molecule has 4 rings (SSSR count). The predicted molar refractivity (Wildman–Crippen MR) is 221 cm³/mol. The third-order valence-corrected chi connectivity index (χ3v) is 14.5. The fourth-order valence-corrected chi connectivity index (χ4v) is 12.9. The lowest BCUT2D eigenvalue weighted by Gasteiger charge is -2.45. The van der Waals surface area contributed by atoms with Gasteiger partial charge in [-0.3, -0.25) is 0 Å². The third-order valence-electron chi connectivity index (χ3n) is 10.8. The van der Waals surface area contributed by atoms with Crippen LogP contribution in [0.15, 0.2) is 24.3 Å². The van der Waals surface area contributed by atoms with Crippen LogP contribution in [-0.4, -0.2) is 20.3 Å². The van der Waals surface area contributed by atoms with Crippen molar-refractivity contribution >= 4 is 24.3 Å². The molecule has 0 aliphatic heterocycles. The molecule has 3 aromatic carbocycles. The number of nitrogens with zero attached hydrogens (tertiary/aromatic N) is 1. The van der Waals surface area contributed by atoms with E-state index in [1.54, 1.807) is 16.4 Å². The molecule has 1 atom stereocenters. The largest absolute Gasteiger partial charge is 0.342 e. The number of benzene rings is 3. The first-order chi connectivity index (χ1) is 22.5. The van der Waals surface area contributed by atoms with Gasteiger partial charge >= 0.3 is 0 Å². The van der Waals surface area contributed by atoms with Crippen LogP contribution in [0.1, 0.15) is 170 Å². The number of rotatable bonds is 10. The number of H-pyrrole nitrogens is 1. The lowest BCUT2D eigenvalue weighted by atomic mass is 9.78. The number of imidazole rings is 1. The second kappa shape index (κ2) is 14.7. The van der Waals surface area contributed by atoms with E-state index in [1.807, 2.05) is 0 Å². The standard InChI is InChI=1S/C46H69N2P/c1-26(2)35-24-38(27(3)4)42(39(25-35)28(5)6)41-33(11)37(31(9)32(10)44(41)49(45(13,14)15)46(16,17)18)20-19-29(7)21-36-22-30(8)23-40-43(36)48-34(12)47-40/h22-29H,19-21H2,1-18H3,(H,47,48). The Balaban J connectivity index is 1.98. The highest BCUT2D eigenvalue weighted by Crippen LogP contribution is 2.61. The van der Waals surface area contributed by atoms with E-state index in [4.69, 9.17) is 4.98 Å². The minimum absolute atomic E-state index is 0.166. The van der Waals surface area contributed by atoms with Crippen LogP contribution in [0.2, 0.25) is 0 Å². The van der Waals surface area contributed by atoms with Crippen LogP contribution < -0.4 is 5.30 Å². The molecule has 0 aliphatic carbocycles. The minimum Gasteiger partial charge on any atom is -0.342 e. The Labute approximate surface area is 302 Å². The van der Waals surface area contributed by atoms with Crippen molar-refractivity contribution in [2.24, 2.45) is 5.92 Å². The van der Waals surface area contributed by atoms with Crippen LogP contribution >= 0.6 is 7.92 Å². The summed E-state index contributed by atoms with van der Waals surface area (Å²) in [4.78, 5) is 8.36. The maximum atomic E-state index is 4.88. The molecule has 1 heterocycles. The van der Waals surface area contributed by atoms with Crippen molar-refractivity contribution in [1.29, 1.82) is 0 Å². The van der Waals surface area contributed by atoms with Gasteiger partial charge in [0.05, 0.1) is 11.0 Å². The van der Waals surface area contributed by atoms with E-state index < -0.39 is 7.92 Å². The van der Waals surface area contributed by atoms with E-state index in [9.17, 15) is 0 Å². The molecule has 0 amide bonds. The SMILES string of the molecule is Cc1cc(CC(C)CCc2c(C)c(C)c(P(C(C)(C)C)C(C)(C)C)c(-c3c(C(C)C)cc(C(C)C)cc3C(C)C)c2C)c2nc(C)[nH]c2c1. The molecule has 0 spiro atoms. The van der Waals surface area contributed by atoms with Crippen molar-refractivity contribution in [2.75, 3.05) is 0 Å². The summed E-state index contributed by atoms with van der Waals surface area (Å²) in [7, 11) is -0.515. The van der Waals surface area contributed by atoms with Crippen molar-refractivity contribution in [1.82, 2.24) is 9.97 Å². The Morgan fingerprint density at radius 1 is 0.673 bits per heavy atom. The Morgan fingerprint density at radius 2 is 1.22 bits per heavy atom. The van der Waals surface area contributed by atoms with Gasteiger partial charge in [-0.05, 0) is 160 Å². The maximum Gasteiger partial charge on any atom is 0.104 e. The number of aryl methyl sites for hydroxylation is 2. The summed E-state index contributed by atoms with van der Waals surface area (Å²) in [6.45, 7) is 43.4. The zero-order valence-corrected chi connectivity index (χ0v) is 35.5. The van der Waals surface area contributed by atoms with E-state index in [0.717, 1.165) is 30.6 Å². The molecule has 0 bridgehead atoms. The smallest absolute Gasteiger partial charge is 0.104 e. The molecule has 1 N–H and O–H groups in total. The zero-order valence-electron chi connectivity index (χ0n) is 34.6. The molecular formula is C46H69N2P. The normalized spacial score (nSPS) is 13.6. The fraction of sp³-hybridized carbons (Fsp3) is 0.587. The molecule has 268 valence electrons. The lowest BCUT2D eigenvalue weighted by Crippen LogP contribution is -2.34. The van der Waals surface area contributed by atoms with Gasteiger partial charge in [0.15, 0.2) is 0 Å². The first-order valence-electron chi connectivity index (χ1n) is 19.1. The number of hydrogen-bond acceptors (Lipinski definition) is 1. The highest BCUT2D eigenvalue weighted by atomic mass is 31.1. The number of fused-ring (bicyclic) bond motifs is 1. The molecule has 0 aliphatic rings. The van der Waals surface area contributed by atoms with E-state index in [2.05, 4.69) is 154 Å². The summed E-state index contributed by atoms with van der Waals surface area (Å²) in [6.07, 6.45) is 3.31. The average molecular weight is 681 g/mol. The molecule has 3 heteroatoms. The molecule has 1 aromatic heterocycles. The van der Waals surface area contributed by atoms with Gasteiger partial charge < -0.3 is 4.98 Å². The lowest BCUT2D eigenvalue weighted by molar-refractivity contribution is 0.530. The van der Waals surface area contributed by atoms with Gasteiger partial charge in [0, 0.05) is 0 Å². The Hall–Kier alpha value is -2.44. The molecule has 0 fully saturated rings. The Kier molecular flexibility index (Phi) is 11.8. The van der Waals surface area contributed by atoms with Crippen molar-refractivity contribution in [3.05, 3.63) is 80.2 Å². The van der Waals surface area contributed by atoms with Crippen LogP contribution in [0.3, 0.4) is 0 Å². The second-order valence-electron chi connectivity index (χ2n) is 18.3. The van der Waals surface area contributed by atoms with Gasteiger partial charge in [-0.15, -0.1) is 0 Å². The van der Waals surface area contributed by atoms with Crippen LogP contribution in [-0.2, 0) is 12.8 Å². The molecule has 49 heavy (non-hydrogen) atoms. The first kappa shape index (κ1) is 39.3. The topological polar surface area (TPSA) is 28.7 Å². The average Bonchev–Trinajstić information content (AvgIpc) is 3.33. The molecule has 0 radical (unpaired) electrons.